The van der Waals surface area contributed by atoms with Crippen molar-refractivity contribution in [2.24, 2.45) is 0 Å². The highest BCUT2D eigenvalue weighted by atomic mass is 16.5. The maximum Gasteiger partial charge on any atom is 0.0771 e. The van der Waals surface area contributed by atoms with Crippen LogP contribution in [0.25, 0.3) is 0 Å². The van der Waals surface area contributed by atoms with Crippen LogP contribution in [0.1, 0.15) is 18.9 Å². The lowest BCUT2D eigenvalue weighted by molar-refractivity contribution is 0.0543. The predicted molar refractivity (Wildman–Crippen MR) is 39.1 cm³/mol. The van der Waals surface area contributed by atoms with E-state index in [9.17, 15) is 0 Å². The van der Waals surface area contributed by atoms with Crippen LogP contribution in [0.15, 0.2) is 12.4 Å². The first kappa shape index (κ1) is 6.79. The maximum atomic E-state index is 5.32. The topological polar surface area (TPSA) is 39.9 Å². The van der Waals surface area contributed by atoms with Gasteiger partial charge in [-0.15, -0.1) is 5.10 Å². The fraction of sp³-hybridized carbons (Fsp3) is 0.714. The Morgan fingerprint density at radius 3 is 3.18 bits per heavy atom. The SMILES string of the molecule is c1cn([C@H]2CCCOC2)nn1. The van der Waals surface area contributed by atoms with Crippen LogP contribution in [-0.4, -0.2) is 28.2 Å². The minimum absolute atomic E-state index is 0.409. The average molecular weight is 153 g/mol. The molecule has 2 heterocycles. The second-order valence-electron chi connectivity index (χ2n) is 2.75. The standard InChI is InChI=1S/C7H11N3O/c1-2-7(6-11-5-1)10-4-3-8-9-10/h3-4,7H,1-2,5-6H2/t7-/m0/s1. The van der Waals surface area contributed by atoms with Gasteiger partial charge in [-0.2, -0.15) is 0 Å². The van der Waals surface area contributed by atoms with E-state index in [-0.39, 0.29) is 0 Å². The largest absolute Gasteiger partial charge is 0.379 e. The van der Waals surface area contributed by atoms with Gasteiger partial charge in [0, 0.05) is 12.8 Å². The summed E-state index contributed by atoms with van der Waals surface area (Å²) in [6, 6.07) is 0.409. The highest BCUT2D eigenvalue weighted by molar-refractivity contribution is 4.74. The number of nitrogens with zero attached hydrogens (tertiary/aromatic N) is 3. The lowest BCUT2D eigenvalue weighted by Gasteiger charge is -2.21. The molecule has 0 unspecified atom stereocenters. The Labute approximate surface area is 65.2 Å². The minimum Gasteiger partial charge on any atom is -0.379 e. The summed E-state index contributed by atoms with van der Waals surface area (Å²) in [5.41, 5.74) is 0. The van der Waals surface area contributed by atoms with Crippen molar-refractivity contribution >= 4 is 0 Å². The Morgan fingerprint density at radius 1 is 1.55 bits per heavy atom. The van der Waals surface area contributed by atoms with Crippen molar-refractivity contribution in [3.8, 4) is 0 Å². The van der Waals surface area contributed by atoms with Crippen LogP contribution >= 0.6 is 0 Å². The Bertz CT molecular complexity index is 203. The molecule has 0 N–H and O–H groups in total. The van der Waals surface area contributed by atoms with E-state index in [0.29, 0.717) is 6.04 Å². The number of aromatic nitrogens is 3. The van der Waals surface area contributed by atoms with Crippen LogP contribution < -0.4 is 0 Å². The van der Waals surface area contributed by atoms with Gasteiger partial charge in [-0.25, -0.2) is 4.68 Å². The molecular weight excluding hydrogens is 142 g/mol. The monoisotopic (exact) mass is 153 g/mol. The van der Waals surface area contributed by atoms with Crippen molar-refractivity contribution in [1.29, 1.82) is 0 Å². The fourth-order valence-corrected chi connectivity index (χ4v) is 1.34. The van der Waals surface area contributed by atoms with E-state index in [1.54, 1.807) is 6.20 Å². The molecule has 1 fully saturated rings. The zero-order valence-corrected chi connectivity index (χ0v) is 6.31. The van der Waals surface area contributed by atoms with Gasteiger partial charge in [0.05, 0.1) is 18.8 Å². The molecule has 1 aliphatic heterocycles. The van der Waals surface area contributed by atoms with Crippen molar-refractivity contribution < 1.29 is 4.74 Å². The van der Waals surface area contributed by atoms with Gasteiger partial charge in [0.2, 0.25) is 0 Å². The van der Waals surface area contributed by atoms with E-state index >= 15 is 0 Å². The van der Waals surface area contributed by atoms with Gasteiger partial charge in [-0.05, 0) is 12.8 Å². The molecule has 0 saturated carbocycles. The average Bonchev–Trinajstić information content (AvgIpc) is 2.58. The molecule has 0 aliphatic carbocycles. The summed E-state index contributed by atoms with van der Waals surface area (Å²) >= 11 is 0. The third kappa shape index (κ3) is 1.40. The molecule has 0 spiro atoms. The maximum absolute atomic E-state index is 5.32. The third-order valence-electron chi connectivity index (χ3n) is 1.95. The first-order valence-corrected chi connectivity index (χ1v) is 3.90. The Hall–Kier alpha value is -0.900. The molecule has 0 amide bonds. The minimum atomic E-state index is 0.409. The van der Waals surface area contributed by atoms with E-state index in [2.05, 4.69) is 10.3 Å². The van der Waals surface area contributed by atoms with Crippen LogP contribution in [0, 0.1) is 0 Å². The van der Waals surface area contributed by atoms with Gasteiger partial charge in [-0.1, -0.05) is 5.21 Å². The van der Waals surface area contributed by atoms with E-state index < -0.39 is 0 Å². The zero-order chi connectivity index (χ0) is 7.52. The van der Waals surface area contributed by atoms with Gasteiger partial charge in [-0.3, -0.25) is 0 Å². The molecule has 4 nitrogen and oxygen atoms in total. The van der Waals surface area contributed by atoms with Gasteiger partial charge < -0.3 is 4.74 Å². The number of hydrogen-bond donors (Lipinski definition) is 0. The zero-order valence-electron chi connectivity index (χ0n) is 6.31. The van der Waals surface area contributed by atoms with E-state index in [1.807, 2.05) is 10.9 Å². The van der Waals surface area contributed by atoms with Crippen molar-refractivity contribution in [3.63, 3.8) is 0 Å². The molecule has 0 radical (unpaired) electrons. The van der Waals surface area contributed by atoms with Crippen molar-refractivity contribution in [2.75, 3.05) is 13.2 Å². The lowest BCUT2D eigenvalue weighted by atomic mass is 10.1. The summed E-state index contributed by atoms with van der Waals surface area (Å²) in [5, 5.41) is 7.68. The van der Waals surface area contributed by atoms with E-state index in [1.165, 1.54) is 0 Å². The Balaban J connectivity index is 2.04. The molecule has 60 valence electrons. The second kappa shape index (κ2) is 3.00. The molecule has 1 aromatic heterocycles. The molecule has 4 heteroatoms. The molecule has 0 bridgehead atoms. The number of ether oxygens (including phenoxy) is 1. The van der Waals surface area contributed by atoms with Crippen molar-refractivity contribution in [2.45, 2.75) is 18.9 Å². The Morgan fingerprint density at radius 2 is 2.55 bits per heavy atom. The number of hydrogen-bond acceptors (Lipinski definition) is 3. The van der Waals surface area contributed by atoms with Crippen LogP contribution in [0.4, 0.5) is 0 Å². The summed E-state index contributed by atoms with van der Waals surface area (Å²) in [4.78, 5) is 0. The normalized spacial score (nSPS) is 25.3. The van der Waals surface area contributed by atoms with Gasteiger partial charge >= 0.3 is 0 Å². The Kier molecular flexibility index (Phi) is 1.85. The van der Waals surface area contributed by atoms with Gasteiger partial charge in [0.15, 0.2) is 0 Å². The first-order valence-electron chi connectivity index (χ1n) is 3.90. The third-order valence-corrected chi connectivity index (χ3v) is 1.95. The van der Waals surface area contributed by atoms with Crippen LogP contribution in [-0.2, 0) is 4.74 Å². The van der Waals surface area contributed by atoms with Gasteiger partial charge in [0.25, 0.3) is 0 Å². The van der Waals surface area contributed by atoms with Crippen molar-refractivity contribution in [3.05, 3.63) is 12.4 Å². The highest BCUT2D eigenvalue weighted by Gasteiger charge is 2.15. The molecular formula is C7H11N3O. The molecule has 1 aromatic rings. The van der Waals surface area contributed by atoms with Crippen molar-refractivity contribution in [1.82, 2.24) is 15.0 Å². The smallest absolute Gasteiger partial charge is 0.0771 e. The van der Waals surface area contributed by atoms with Crippen LogP contribution in [0.2, 0.25) is 0 Å². The fourth-order valence-electron chi connectivity index (χ4n) is 1.34. The quantitative estimate of drug-likeness (QED) is 0.594. The molecule has 1 aliphatic rings. The molecule has 1 atom stereocenters. The lowest BCUT2D eigenvalue weighted by Crippen LogP contribution is -2.21. The molecule has 11 heavy (non-hydrogen) atoms. The summed E-state index contributed by atoms with van der Waals surface area (Å²) < 4.78 is 7.19. The molecule has 2 rings (SSSR count). The van der Waals surface area contributed by atoms with Gasteiger partial charge in [0.1, 0.15) is 0 Å². The second-order valence-corrected chi connectivity index (χ2v) is 2.75. The summed E-state index contributed by atoms with van der Waals surface area (Å²) in [6.07, 6.45) is 5.88. The van der Waals surface area contributed by atoms with Crippen LogP contribution in [0.5, 0.6) is 0 Å². The summed E-state index contributed by atoms with van der Waals surface area (Å²) in [5.74, 6) is 0. The summed E-state index contributed by atoms with van der Waals surface area (Å²) in [6.45, 7) is 1.68. The summed E-state index contributed by atoms with van der Waals surface area (Å²) in [7, 11) is 0. The predicted octanol–water partition coefficient (Wildman–Crippen LogP) is 0.630. The number of rotatable bonds is 1. The molecule has 1 saturated heterocycles. The highest BCUT2D eigenvalue weighted by Crippen LogP contribution is 2.16. The van der Waals surface area contributed by atoms with E-state index in [4.69, 9.17) is 4.74 Å². The molecule has 0 aromatic carbocycles. The first-order chi connectivity index (χ1) is 5.47. The van der Waals surface area contributed by atoms with Crippen LogP contribution in [0.3, 0.4) is 0 Å². The van der Waals surface area contributed by atoms with E-state index in [0.717, 1.165) is 26.1 Å².